The van der Waals surface area contributed by atoms with Crippen LogP contribution < -0.4 is 11.1 Å². The number of carbonyl (C=O) groups excluding carboxylic acids is 3. The van der Waals surface area contributed by atoms with Crippen LogP contribution in [-0.2, 0) is 11.2 Å². The van der Waals surface area contributed by atoms with Crippen molar-refractivity contribution in [2.24, 2.45) is 0 Å². The third kappa shape index (κ3) is 4.71. The van der Waals surface area contributed by atoms with Crippen molar-refractivity contribution in [2.45, 2.75) is 45.1 Å². The lowest BCUT2D eigenvalue weighted by atomic mass is 10.0. The summed E-state index contributed by atoms with van der Waals surface area (Å²) in [5.41, 5.74) is 4.09. The Bertz CT molecular complexity index is 1350. The van der Waals surface area contributed by atoms with Gasteiger partial charge in [-0.1, -0.05) is 18.2 Å². The summed E-state index contributed by atoms with van der Waals surface area (Å²) in [6.45, 7) is 3.58. The summed E-state index contributed by atoms with van der Waals surface area (Å²) in [4.78, 5) is 56.0. The van der Waals surface area contributed by atoms with Crippen molar-refractivity contribution in [1.29, 1.82) is 0 Å². The molecule has 3 heterocycles. The lowest BCUT2D eigenvalue weighted by Crippen LogP contribution is -2.50. The van der Waals surface area contributed by atoms with E-state index in [1.54, 1.807) is 24.0 Å². The van der Waals surface area contributed by atoms with Gasteiger partial charge in [-0.2, -0.15) is 0 Å². The van der Waals surface area contributed by atoms with Gasteiger partial charge >= 0.3 is 11.8 Å². The zero-order valence-corrected chi connectivity index (χ0v) is 19.6. The Hall–Kier alpha value is -3.88. The van der Waals surface area contributed by atoms with E-state index in [1.807, 2.05) is 29.2 Å². The van der Waals surface area contributed by atoms with Crippen molar-refractivity contribution in [3.05, 3.63) is 63.6 Å². The number of hydrogen-bond donors (Lipinski definition) is 2. The number of carbonyl (C=O) groups is 3. The minimum atomic E-state index is -0.562. The number of urea groups is 1. The smallest absolute Gasteiger partial charge is 0.408 e. The Balaban J connectivity index is 1.14. The maximum atomic E-state index is 12.8. The molecule has 182 valence electrons. The summed E-state index contributed by atoms with van der Waals surface area (Å²) in [6.07, 6.45) is 2.44. The Morgan fingerprint density at radius 3 is 2.63 bits per heavy atom. The number of anilines is 1. The number of Topliss-reactive ketones (excluding diaryl/α,β-unsaturated/α-hetero) is 1. The van der Waals surface area contributed by atoms with Gasteiger partial charge in [-0.05, 0) is 55.5 Å². The molecule has 1 fully saturated rings. The number of aromatic amines is 1. The maximum Gasteiger partial charge on any atom is 0.417 e. The number of likely N-dealkylation sites (tertiary alicyclic amines) is 1. The Morgan fingerprint density at radius 1 is 1.06 bits per heavy atom. The molecule has 1 saturated heterocycles. The van der Waals surface area contributed by atoms with E-state index in [9.17, 15) is 19.2 Å². The van der Waals surface area contributed by atoms with Crippen molar-refractivity contribution in [2.75, 3.05) is 25.0 Å². The fourth-order valence-corrected chi connectivity index (χ4v) is 5.07. The van der Waals surface area contributed by atoms with E-state index in [0.717, 1.165) is 23.2 Å². The van der Waals surface area contributed by atoms with Crippen molar-refractivity contribution < 1.29 is 18.8 Å². The number of aromatic nitrogens is 1. The minimum absolute atomic E-state index is 0.0597. The zero-order chi connectivity index (χ0) is 24.5. The molecule has 0 atom stereocenters. The van der Waals surface area contributed by atoms with Gasteiger partial charge in [-0.15, -0.1) is 0 Å². The average molecular weight is 477 g/mol. The van der Waals surface area contributed by atoms with E-state index in [1.165, 1.54) is 0 Å². The van der Waals surface area contributed by atoms with Crippen LogP contribution in [-0.4, -0.2) is 58.2 Å². The van der Waals surface area contributed by atoms with Gasteiger partial charge in [0.1, 0.15) is 0 Å². The monoisotopic (exact) mass is 476 g/mol. The van der Waals surface area contributed by atoms with Crippen molar-refractivity contribution in [3.63, 3.8) is 0 Å². The molecule has 2 aliphatic rings. The number of aryl methyl sites for hydroxylation is 1. The highest BCUT2D eigenvalue weighted by molar-refractivity contribution is 6.00. The van der Waals surface area contributed by atoms with Gasteiger partial charge in [-0.25, -0.2) is 9.59 Å². The first-order valence-electron chi connectivity index (χ1n) is 12.0. The second-order valence-corrected chi connectivity index (χ2v) is 9.25. The predicted molar refractivity (Wildman–Crippen MR) is 131 cm³/mol. The van der Waals surface area contributed by atoms with Crippen molar-refractivity contribution >= 4 is 34.5 Å². The van der Waals surface area contributed by atoms with Crippen LogP contribution in [0, 0.1) is 6.92 Å². The second-order valence-electron chi connectivity index (χ2n) is 9.25. The number of fused-ring (bicyclic) bond motifs is 2. The highest BCUT2D eigenvalue weighted by Gasteiger charge is 2.31. The number of para-hydroxylation sites is 1. The largest absolute Gasteiger partial charge is 0.417 e. The quantitative estimate of drug-likeness (QED) is 0.547. The van der Waals surface area contributed by atoms with Gasteiger partial charge in [0, 0.05) is 49.8 Å². The van der Waals surface area contributed by atoms with Gasteiger partial charge in [-0.3, -0.25) is 14.6 Å². The fourth-order valence-electron chi connectivity index (χ4n) is 5.07. The van der Waals surface area contributed by atoms with Crippen LogP contribution >= 0.6 is 0 Å². The predicted octanol–water partition coefficient (Wildman–Crippen LogP) is 3.47. The lowest BCUT2D eigenvalue weighted by molar-refractivity contribution is -0.132. The molecule has 0 bridgehead atoms. The number of oxazole rings is 1. The molecule has 5 rings (SSSR count). The van der Waals surface area contributed by atoms with Crippen LogP contribution in [0.4, 0.5) is 10.5 Å². The topological polar surface area (TPSA) is 116 Å². The number of hydrogen-bond acceptors (Lipinski definition) is 5. The number of ketones is 1. The summed E-state index contributed by atoms with van der Waals surface area (Å²) >= 11 is 0. The molecule has 0 spiro atoms. The number of rotatable bonds is 5. The Kier molecular flexibility index (Phi) is 6.15. The van der Waals surface area contributed by atoms with Gasteiger partial charge in [0.25, 0.3) is 0 Å². The standard InChI is InChI=1S/C26H28N4O5/c1-16-14-18(15-22-24(16)28-26(34)35-22)21(31)6-7-23(32)29-11-9-19(10-12-29)30-13-8-17-4-2-3-5-20(17)27-25(30)33/h2-5,14-15,19H,6-13H2,1H3,(H,27,33)(H,28,34). The molecule has 3 amide bonds. The van der Waals surface area contributed by atoms with Crippen LogP contribution in [0.1, 0.15) is 47.2 Å². The maximum absolute atomic E-state index is 12.8. The molecule has 9 nitrogen and oxygen atoms in total. The van der Waals surface area contributed by atoms with Crippen molar-refractivity contribution in [1.82, 2.24) is 14.8 Å². The van der Waals surface area contributed by atoms with Crippen LogP contribution in [0.5, 0.6) is 0 Å². The molecule has 9 heteroatoms. The van der Waals surface area contributed by atoms with Gasteiger partial charge in [0.05, 0.1) is 5.52 Å². The average Bonchev–Trinajstić information content (AvgIpc) is 3.15. The van der Waals surface area contributed by atoms with Gasteiger partial charge < -0.3 is 19.5 Å². The summed E-state index contributed by atoms with van der Waals surface area (Å²) < 4.78 is 5.08. The van der Waals surface area contributed by atoms with Crippen LogP contribution in [0.2, 0.25) is 0 Å². The number of nitrogens with one attached hydrogen (secondary N) is 2. The Morgan fingerprint density at radius 2 is 1.83 bits per heavy atom. The second kappa shape index (κ2) is 9.40. The third-order valence-corrected chi connectivity index (χ3v) is 7.02. The molecule has 0 radical (unpaired) electrons. The molecule has 0 unspecified atom stereocenters. The first kappa shape index (κ1) is 22.9. The summed E-state index contributed by atoms with van der Waals surface area (Å²) in [6, 6.07) is 11.1. The van der Waals surface area contributed by atoms with E-state index in [-0.39, 0.29) is 36.6 Å². The SMILES string of the molecule is Cc1cc(C(=O)CCC(=O)N2CCC(N3CCc4ccccc4NC3=O)CC2)cc2oc(=O)[nH]c12. The van der Waals surface area contributed by atoms with Crippen LogP contribution in [0.25, 0.3) is 11.1 Å². The fraction of sp³-hybridized carbons (Fsp3) is 0.385. The zero-order valence-electron chi connectivity index (χ0n) is 19.6. The number of H-pyrrole nitrogens is 1. The first-order chi connectivity index (χ1) is 16.9. The van der Waals surface area contributed by atoms with Gasteiger partial charge in [0.2, 0.25) is 5.91 Å². The van der Waals surface area contributed by atoms with E-state index in [2.05, 4.69) is 10.3 Å². The van der Waals surface area contributed by atoms with E-state index < -0.39 is 5.76 Å². The number of benzene rings is 2. The molecule has 0 aliphatic carbocycles. The van der Waals surface area contributed by atoms with Gasteiger partial charge in [0.15, 0.2) is 11.4 Å². The molecule has 2 N–H and O–H groups in total. The highest BCUT2D eigenvalue weighted by atomic mass is 16.4. The minimum Gasteiger partial charge on any atom is -0.408 e. The summed E-state index contributed by atoms with van der Waals surface area (Å²) in [7, 11) is 0. The number of nitrogens with zero attached hydrogens (tertiary/aromatic N) is 2. The lowest BCUT2D eigenvalue weighted by Gasteiger charge is -2.38. The van der Waals surface area contributed by atoms with E-state index in [0.29, 0.717) is 49.1 Å². The third-order valence-electron chi connectivity index (χ3n) is 7.02. The summed E-state index contributed by atoms with van der Waals surface area (Å²) in [5, 5.41) is 3.01. The summed E-state index contributed by atoms with van der Waals surface area (Å²) in [5.74, 6) is -0.785. The van der Waals surface area contributed by atoms with Crippen LogP contribution in [0.15, 0.2) is 45.6 Å². The molecule has 2 aliphatic heterocycles. The molecule has 2 aromatic carbocycles. The molecular weight excluding hydrogens is 448 g/mol. The molecule has 3 aromatic rings. The normalized spacial score (nSPS) is 16.7. The van der Waals surface area contributed by atoms with E-state index in [4.69, 9.17) is 4.42 Å². The van der Waals surface area contributed by atoms with Crippen LogP contribution in [0.3, 0.4) is 0 Å². The van der Waals surface area contributed by atoms with Crippen molar-refractivity contribution in [3.8, 4) is 0 Å². The Labute approximate surface area is 202 Å². The molecular formula is C26H28N4O5. The molecule has 1 aromatic heterocycles. The number of amides is 3. The molecule has 35 heavy (non-hydrogen) atoms. The number of piperidine rings is 1. The molecule has 0 saturated carbocycles. The van der Waals surface area contributed by atoms with E-state index >= 15 is 0 Å². The first-order valence-corrected chi connectivity index (χ1v) is 12.0. The highest BCUT2D eigenvalue weighted by Crippen LogP contribution is 2.25.